The highest BCUT2D eigenvalue weighted by Crippen LogP contribution is 2.29. The maximum absolute atomic E-state index is 6.05. The predicted molar refractivity (Wildman–Crippen MR) is 115 cm³/mol. The lowest BCUT2D eigenvalue weighted by atomic mass is 10.1. The lowest BCUT2D eigenvalue weighted by molar-refractivity contribution is 0.0674. The van der Waals surface area contributed by atoms with E-state index in [4.69, 9.17) is 14.5 Å². The number of rotatable bonds is 7. The summed E-state index contributed by atoms with van der Waals surface area (Å²) in [5, 5.41) is 7.00. The van der Waals surface area contributed by atoms with E-state index in [1.54, 1.807) is 6.20 Å². The predicted octanol–water partition coefficient (Wildman–Crippen LogP) is 2.40. The molecular weight excluding hydrogens is 366 g/mol. The van der Waals surface area contributed by atoms with Crippen molar-refractivity contribution in [3.05, 3.63) is 36.5 Å². The third kappa shape index (κ3) is 4.52. The minimum Gasteiger partial charge on any atom is -0.378 e. The van der Waals surface area contributed by atoms with E-state index in [9.17, 15) is 0 Å². The third-order valence-corrected chi connectivity index (χ3v) is 5.49. The zero-order valence-corrected chi connectivity index (χ0v) is 17.6. The Morgan fingerprint density at radius 1 is 1.03 bits per heavy atom. The number of hydrogen-bond acceptors (Lipinski definition) is 7. The fourth-order valence-electron chi connectivity index (χ4n) is 3.87. The average Bonchev–Trinajstić information content (AvgIpc) is 3.30. The molecule has 4 atom stereocenters. The van der Waals surface area contributed by atoms with Crippen LogP contribution in [0.3, 0.4) is 0 Å². The van der Waals surface area contributed by atoms with Gasteiger partial charge >= 0.3 is 0 Å². The first-order valence-corrected chi connectivity index (χ1v) is 10.3. The summed E-state index contributed by atoms with van der Waals surface area (Å²) in [6.07, 6.45) is 1.89. The summed E-state index contributed by atoms with van der Waals surface area (Å²) in [6, 6.07) is 10.6. The Balaban J connectivity index is 1.41. The summed E-state index contributed by atoms with van der Waals surface area (Å²) in [7, 11) is 4.07. The number of fused-ring (bicyclic) bond motifs is 1. The second kappa shape index (κ2) is 8.65. The molecule has 0 bridgehead atoms. The Morgan fingerprint density at radius 3 is 2.41 bits per heavy atom. The number of nitrogens with one attached hydrogen (secondary N) is 2. The van der Waals surface area contributed by atoms with Crippen LogP contribution in [0, 0.1) is 5.92 Å². The van der Waals surface area contributed by atoms with E-state index in [1.165, 1.54) is 0 Å². The highest BCUT2D eigenvalue weighted by atomic mass is 16.6. The van der Waals surface area contributed by atoms with E-state index >= 15 is 0 Å². The van der Waals surface area contributed by atoms with Gasteiger partial charge in [0.25, 0.3) is 0 Å². The topological polar surface area (TPSA) is 71.5 Å². The molecule has 156 valence electrons. The minimum absolute atomic E-state index is 0.0197. The maximum atomic E-state index is 6.05. The van der Waals surface area contributed by atoms with Crippen LogP contribution in [0.15, 0.2) is 36.5 Å². The monoisotopic (exact) mass is 397 g/mol. The van der Waals surface area contributed by atoms with Gasteiger partial charge in [-0.15, -0.1) is 0 Å². The van der Waals surface area contributed by atoms with Gasteiger partial charge in [-0.25, -0.2) is 9.97 Å². The SMILES string of the molecule is CC(C)CNC1COC2C(Nc3nccc(-c4ccc(N(C)C)cc4)n3)COC12. The first kappa shape index (κ1) is 20.1. The number of hydrogen-bond donors (Lipinski definition) is 2. The van der Waals surface area contributed by atoms with Crippen LogP contribution in [0.5, 0.6) is 0 Å². The van der Waals surface area contributed by atoms with Crippen molar-refractivity contribution in [3.8, 4) is 11.3 Å². The van der Waals surface area contributed by atoms with Crippen LogP contribution >= 0.6 is 0 Å². The zero-order valence-electron chi connectivity index (χ0n) is 17.6. The van der Waals surface area contributed by atoms with Gasteiger partial charge in [0.1, 0.15) is 12.2 Å². The maximum Gasteiger partial charge on any atom is 0.223 e. The summed E-state index contributed by atoms with van der Waals surface area (Å²) in [5.41, 5.74) is 3.12. The van der Waals surface area contributed by atoms with E-state index in [0.29, 0.717) is 25.1 Å². The van der Waals surface area contributed by atoms with Gasteiger partial charge < -0.3 is 25.0 Å². The minimum atomic E-state index is 0.0197. The van der Waals surface area contributed by atoms with Crippen LogP contribution in [-0.2, 0) is 9.47 Å². The van der Waals surface area contributed by atoms with E-state index in [2.05, 4.69) is 58.6 Å². The molecule has 4 unspecified atom stereocenters. The number of nitrogens with zero attached hydrogens (tertiary/aromatic N) is 3. The van der Waals surface area contributed by atoms with Gasteiger partial charge in [-0.1, -0.05) is 26.0 Å². The molecule has 0 aliphatic carbocycles. The molecule has 2 aromatic rings. The van der Waals surface area contributed by atoms with Gasteiger partial charge in [-0.3, -0.25) is 0 Å². The van der Waals surface area contributed by atoms with Gasteiger partial charge in [0, 0.05) is 31.5 Å². The quantitative estimate of drug-likeness (QED) is 0.743. The highest BCUT2D eigenvalue weighted by Gasteiger charge is 2.47. The van der Waals surface area contributed by atoms with Gasteiger partial charge in [0.2, 0.25) is 5.95 Å². The van der Waals surface area contributed by atoms with Gasteiger partial charge in [-0.2, -0.15) is 0 Å². The van der Waals surface area contributed by atoms with Crippen LogP contribution in [0.1, 0.15) is 13.8 Å². The highest BCUT2D eigenvalue weighted by molar-refractivity contribution is 5.63. The van der Waals surface area contributed by atoms with Crippen molar-refractivity contribution in [2.45, 2.75) is 38.1 Å². The Labute approximate surface area is 172 Å². The van der Waals surface area contributed by atoms with Crippen LogP contribution in [-0.4, -0.2) is 68.1 Å². The lowest BCUT2D eigenvalue weighted by Gasteiger charge is -2.19. The molecule has 0 radical (unpaired) electrons. The van der Waals surface area contributed by atoms with E-state index in [1.807, 2.05) is 20.2 Å². The lowest BCUT2D eigenvalue weighted by Crippen LogP contribution is -2.43. The van der Waals surface area contributed by atoms with Crippen molar-refractivity contribution in [2.75, 3.05) is 44.1 Å². The Morgan fingerprint density at radius 2 is 1.72 bits per heavy atom. The molecule has 2 fully saturated rings. The Kier molecular flexibility index (Phi) is 5.99. The average molecular weight is 398 g/mol. The zero-order chi connectivity index (χ0) is 20.4. The summed E-state index contributed by atoms with van der Waals surface area (Å²) in [4.78, 5) is 11.2. The molecule has 0 spiro atoms. The second-order valence-electron chi connectivity index (χ2n) is 8.46. The molecule has 2 aliphatic heterocycles. The molecule has 2 aliphatic rings. The summed E-state index contributed by atoms with van der Waals surface area (Å²) in [5.74, 6) is 1.21. The number of aromatic nitrogens is 2. The number of anilines is 2. The Hall–Kier alpha value is -2.22. The van der Waals surface area contributed by atoms with Gasteiger partial charge in [0.15, 0.2) is 0 Å². The van der Waals surface area contributed by atoms with Crippen molar-refractivity contribution in [1.82, 2.24) is 15.3 Å². The molecule has 3 heterocycles. The molecule has 7 heteroatoms. The summed E-state index contributed by atoms with van der Waals surface area (Å²) in [6.45, 7) is 6.66. The second-order valence-corrected chi connectivity index (χ2v) is 8.46. The molecule has 0 amide bonds. The van der Waals surface area contributed by atoms with Crippen molar-refractivity contribution in [2.24, 2.45) is 5.92 Å². The van der Waals surface area contributed by atoms with Crippen LogP contribution in [0.2, 0.25) is 0 Å². The molecule has 2 N–H and O–H groups in total. The van der Waals surface area contributed by atoms with Crippen molar-refractivity contribution in [1.29, 1.82) is 0 Å². The first-order valence-electron chi connectivity index (χ1n) is 10.3. The van der Waals surface area contributed by atoms with Crippen molar-refractivity contribution < 1.29 is 9.47 Å². The normalized spacial score (nSPS) is 26.0. The van der Waals surface area contributed by atoms with E-state index < -0.39 is 0 Å². The molecule has 1 aromatic carbocycles. The third-order valence-electron chi connectivity index (χ3n) is 5.49. The van der Waals surface area contributed by atoms with Crippen LogP contribution in [0.25, 0.3) is 11.3 Å². The largest absolute Gasteiger partial charge is 0.378 e. The van der Waals surface area contributed by atoms with Crippen LogP contribution < -0.4 is 15.5 Å². The van der Waals surface area contributed by atoms with Crippen molar-refractivity contribution in [3.63, 3.8) is 0 Å². The molecule has 2 saturated heterocycles. The fourth-order valence-corrected chi connectivity index (χ4v) is 3.87. The van der Waals surface area contributed by atoms with E-state index in [-0.39, 0.29) is 24.3 Å². The Bertz CT molecular complexity index is 811. The molecular formula is C22H31N5O2. The van der Waals surface area contributed by atoms with E-state index in [0.717, 1.165) is 23.5 Å². The molecule has 4 rings (SSSR count). The van der Waals surface area contributed by atoms with Gasteiger partial charge in [0.05, 0.1) is 31.0 Å². The first-order chi connectivity index (χ1) is 14.0. The molecule has 29 heavy (non-hydrogen) atoms. The fraction of sp³-hybridized carbons (Fsp3) is 0.545. The van der Waals surface area contributed by atoms with Gasteiger partial charge in [-0.05, 0) is 30.7 Å². The summed E-state index contributed by atoms with van der Waals surface area (Å²) >= 11 is 0. The smallest absolute Gasteiger partial charge is 0.223 e. The molecule has 0 saturated carbocycles. The van der Waals surface area contributed by atoms with Crippen molar-refractivity contribution >= 4 is 11.6 Å². The number of ether oxygens (including phenoxy) is 2. The standard InChI is InChI=1S/C22H31N5O2/c1-14(2)11-24-18-12-28-21-19(13-29-20(18)21)26-22-23-10-9-17(25-22)15-5-7-16(8-6-15)27(3)4/h5-10,14,18-21,24H,11-13H2,1-4H3,(H,23,25,26). The molecule has 1 aromatic heterocycles. The van der Waals surface area contributed by atoms with Crippen LogP contribution in [0.4, 0.5) is 11.6 Å². The summed E-state index contributed by atoms with van der Waals surface area (Å²) < 4.78 is 12.1. The number of benzene rings is 1. The molecule has 7 nitrogen and oxygen atoms in total.